The van der Waals surface area contributed by atoms with Crippen LogP contribution in [0.15, 0.2) is 79.1 Å². The summed E-state index contributed by atoms with van der Waals surface area (Å²) in [7, 11) is 0. The Hall–Kier alpha value is -3.78. The van der Waals surface area contributed by atoms with Gasteiger partial charge in [-0.1, -0.05) is 60.7 Å². The molecule has 2 heterocycles. The molecule has 0 spiro atoms. The summed E-state index contributed by atoms with van der Waals surface area (Å²) >= 11 is 0. The van der Waals surface area contributed by atoms with E-state index >= 15 is 0 Å². The third kappa shape index (κ3) is 4.45. The van der Waals surface area contributed by atoms with Crippen molar-refractivity contribution in [3.05, 3.63) is 90.3 Å². The van der Waals surface area contributed by atoms with E-state index in [1.165, 1.54) is 0 Å². The number of benzene rings is 2. The minimum absolute atomic E-state index is 0.310. The summed E-state index contributed by atoms with van der Waals surface area (Å²) in [6, 6.07) is 18.9. The number of hydrogen-bond acceptors (Lipinski definition) is 7. The number of ether oxygens (including phenoxy) is 1. The van der Waals surface area contributed by atoms with Crippen LogP contribution in [0.2, 0.25) is 0 Å². The van der Waals surface area contributed by atoms with E-state index in [1.54, 1.807) is 84.0 Å². The average Bonchev–Trinajstić information content (AvgIpc) is 2.88. The van der Waals surface area contributed by atoms with Gasteiger partial charge in [0.1, 0.15) is 0 Å². The van der Waals surface area contributed by atoms with Crippen LogP contribution in [0.25, 0.3) is 0 Å². The van der Waals surface area contributed by atoms with Crippen molar-refractivity contribution in [3.8, 4) is 0 Å². The molecular formula is C24H24N4O4. The van der Waals surface area contributed by atoms with E-state index in [-0.39, 0.29) is 5.91 Å². The molecule has 1 aromatic heterocycles. The van der Waals surface area contributed by atoms with E-state index < -0.39 is 18.2 Å². The van der Waals surface area contributed by atoms with Gasteiger partial charge in [0.25, 0.3) is 5.91 Å². The van der Waals surface area contributed by atoms with Gasteiger partial charge in [-0.25, -0.2) is 14.8 Å². The fourth-order valence-electron chi connectivity index (χ4n) is 3.69. The summed E-state index contributed by atoms with van der Waals surface area (Å²) in [6.07, 6.45) is 3.36. The highest BCUT2D eigenvalue weighted by Gasteiger charge is 2.42. The number of piperazine rings is 1. The molecule has 164 valence electrons. The molecule has 1 aliphatic heterocycles. The first-order valence-electron chi connectivity index (χ1n) is 10.4. The highest BCUT2D eigenvalue weighted by Crippen LogP contribution is 2.31. The van der Waals surface area contributed by atoms with Crippen molar-refractivity contribution in [3.63, 3.8) is 0 Å². The van der Waals surface area contributed by atoms with Gasteiger partial charge in [-0.15, -0.1) is 0 Å². The number of amides is 1. The lowest BCUT2D eigenvalue weighted by Gasteiger charge is -2.34. The van der Waals surface area contributed by atoms with Gasteiger partial charge < -0.3 is 19.6 Å². The Bertz CT molecular complexity index is 1000. The van der Waals surface area contributed by atoms with Crippen molar-refractivity contribution in [1.82, 2.24) is 14.9 Å². The smallest absolute Gasteiger partial charge is 0.348 e. The molecule has 0 radical (unpaired) electrons. The minimum atomic E-state index is -2.01. The number of aliphatic hydroxyl groups is 1. The second kappa shape index (κ2) is 9.57. The molecule has 1 N–H and O–H groups in total. The van der Waals surface area contributed by atoms with E-state index in [0.29, 0.717) is 43.3 Å². The Balaban J connectivity index is 1.40. The molecule has 1 fully saturated rings. The minimum Gasteiger partial charge on any atom is -0.453 e. The molecule has 0 unspecified atom stereocenters. The van der Waals surface area contributed by atoms with E-state index in [0.717, 1.165) is 0 Å². The molecule has 2 aromatic carbocycles. The topological polar surface area (TPSA) is 95.9 Å². The maximum Gasteiger partial charge on any atom is 0.348 e. The largest absolute Gasteiger partial charge is 0.453 e. The van der Waals surface area contributed by atoms with Gasteiger partial charge in [0.05, 0.1) is 0 Å². The zero-order chi connectivity index (χ0) is 22.4. The van der Waals surface area contributed by atoms with Crippen LogP contribution in [0.3, 0.4) is 0 Å². The fourth-order valence-corrected chi connectivity index (χ4v) is 3.69. The molecule has 0 aliphatic carbocycles. The van der Waals surface area contributed by atoms with Crippen LogP contribution >= 0.6 is 0 Å². The molecule has 8 nitrogen and oxygen atoms in total. The summed E-state index contributed by atoms with van der Waals surface area (Å²) in [6.45, 7) is 1.67. The normalized spacial score (nSPS) is 14.2. The Labute approximate surface area is 186 Å². The number of carbonyl (C=O) groups excluding carboxylic acids is 2. The Morgan fingerprint density at radius 3 is 1.91 bits per heavy atom. The molecule has 1 saturated heterocycles. The molecule has 1 aliphatic rings. The highest BCUT2D eigenvalue weighted by molar-refractivity contribution is 5.88. The van der Waals surface area contributed by atoms with E-state index in [4.69, 9.17) is 4.74 Å². The van der Waals surface area contributed by atoms with E-state index in [2.05, 4.69) is 9.97 Å². The molecule has 4 rings (SSSR count). The van der Waals surface area contributed by atoms with Crippen molar-refractivity contribution in [2.45, 2.75) is 5.60 Å². The van der Waals surface area contributed by atoms with Crippen molar-refractivity contribution >= 4 is 17.8 Å². The monoisotopic (exact) mass is 432 g/mol. The highest BCUT2D eigenvalue weighted by atomic mass is 16.6. The molecule has 0 bridgehead atoms. The van der Waals surface area contributed by atoms with Crippen molar-refractivity contribution in [2.75, 3.05) is 37.7 Å². The van der Waals surface area contributed by atoms with E-state index in [9.17, 15) is 14.7 Å². The molecule has 3 aromatic rings. The summed E-state index contributed by atoms with van der Waals surface area (Å²) in [5, 5.41) is 11.4. The third-order valence-electron chi connectivity index (χ3n) is 5.47. The lowest BCUT2D eigenvalue weighted by Crippen LogP contribution is -2.50. The maximum absolute atomic E-state index is 13.0. The van der Waals surface area contributed by atoms with Crippen LogP contribution in [-0.2, 0) is 19.9 Å². The van der Waals surface area contributed by atoms with Gasteiger partial charge in [-0.2, -0.15) is 0 Å². The second-order valence-electron chi connectivity index (χ2n) is 7.44. The lowest BCUT2D eigenvalue weighted by atomic mass is 9.86. The summed E-state index contributed by atoms with van der Waals surface area (Å²) in [5.74, 6) is -0.572. The molecule has 0 atom stereocenters. The Morgan fingerprint density at radius 2 is 1.38 bits per heavy atom. The number of aromatic nitrogens is 2. The quantitative estimate of drug-likeness (QED) is 0.591. The van der Waals surface area contributed by atoms with Gasteiger partial charge in [0.15, 0.2) is 6.61 Å². The lowest BCUT2D eigenvalue weighted by molar-refractivity contribution is -0.166. The van der Waals surface area contributed by atoms with Crippen LogP contribution in [0, 0.1) is 0 Å². The Kier molecular flexibility index (Phi) is 6.42. The summed E-state index contributed by atoms with van der Waals surface area (Å²) < 4.78 is 5.32. The Morgan fingerprint density at radius 1 is 0.844 bits per heavy atom. The number of nitrogens with zero attached hydrogens (tertiary/aromatic N) is 4. The first-order valence-corrected chi connectivity index (χ1v) is 10.4. The number of anilines is 1. The van der Waals surface area contributed by atoms with Gasteiger partial charge in [-0.3, -0.25) is 4.79 Å². The van der Waals surface area contributed by atoms with Gasteiger partial charge in [0.2, 0.25) is 11.5 Å². The first kappa shape index (κ1) is 21.5. The predicted octanol–water partition coefficient (Wildman–Crippen LogP) is 1.60. The predicted molar refractivity (Wildman–Crippen MR) is 118 cm³/mol. The average molecular weight is 432 g/mol. The van der Waals surface area contributed by atoms with Crippen molar-refractivity contribution in [2.24, 2.45) is 0 Å². The molecule has 0 saturated carbocycles. The number of carbonyl (C=O) groups is 2. The third-order valence-corrected chi connectivity index (χ3v) is 5.47. The zero-order valence-corrected chi connectivity index (χ0v) is 17.5. The van der Waals surface area contributed by atoms with Gasteiger partial charge in [-0.05, 0) is 17.2 Å². The van der Waals surface area contributed by atoms with Crippen LogP contribution in [0.5, 0.6) is 0 Å². The maximum atomic E-state index is 13.0. The molecule has 32 heavy (non-hydrogen) atoms. The van der Waals surface area contributed by atoms with E-state index in [1.807, 2.05) is 4.90 Å². The summed E-state index contributed by atoms with van der Waals surface area (Å²) in [4.78, 5) is 37.8. The van der Waals surface area contributed by atoms with Gasteiger partial charge >= 0.3 is 5.97 Å². The van der Waals surface area contributed by atoms with Crippen molar-refractivity contribution in [1.29, 1.82) is 0 Å². The molecular weight excluding hydrogens is 408 g/mol. The standard InChI is InChI=1S/C24H24N4O4/c29-21(27-14-16-28(17-15-27)23-25-12-7-13-26-23)18-32-22(30)24(31,19-8-3-1-4-9-19)20-10-5-2-6-11-20/h1-13,31H,14-18H2. The van der Waals surface area contributed by atoms with Crippen LogP contribution < -0.4 is 4.90 Å². The molecule has 1 amide bonds. The summed E-state index contributed by atoms with van der Waals surface area (Å²) in [5.41, 5.74) is -1.26. The fraction of sp³-hybridized carbons (Fsp3) is 0.250. The molecule has 8 heteroatoms. The second-order valence-corrected chi connectivity index (χ2v) is 7.44. The van der Waals surface area contributed by atoms with Crippen LogP contribution in [0.4, 0.5) is 5.95 Å². The SMILES string of the molecule is O=C(COC(=O)C(O)(c1ccccc1)c1ccccc1)N1CCN(c2ncccn2)CC1. The van der Waals surface area contributed by atoms with Crippen LogP contribution in [-0.4, -0.2) is 64.6 Å². The first-order chi connectivity index (χ1) is 15.6. The number of hydrogen-bond donors (Lipinski definition) is 1. The van der Waals surface area contributed by atoms with Crippen molar-refractivity contribution < 1.29 is 19.4 Å². The zero-order valence-electron chi connectivity index (χ0n) is 17.5. The number of esters is 1. The van der Waals surface area contributed by atoms with Crippen LogP contribution in [0.1, 0.15) is 11.1 Å². The number of rotatable bonds is 6. The van der Waals surface area contributed by atoms with Gasteiger partial charge in [0, 0.05) is 38.6 Å².